The van der Waals surface area contributed by atoms with E-state index in [4.69, 9.17) is 10.6 Å². The summed E-state index contributed by atoms with van der Waals surface area (Å²) in [5.74, 6) is 4.37. The summed E-state index contributed by atoms with van der Waals surface area (Å²) in [6.45, 7) is 2.55. The second-order valence-corrected chi connectivity index (χ2v) is 4.03. The number of benzene rings is 1. The zero-order valence-electron chi connectivity index (χ0n) is 10.2. The lowest BCUT2D eigenvalue weighted by Crippen LogP contribution is -2.36. The molecule has 0 aliphatic carbocycles. The molecule has 1 heterocycles. The summed E-state index contributed by atoms with van der Waals surface area (Å²) in [5.41, 5.74) is 2.35. The molecule has 3 N–H and O–H groups in total. The zero-order valence-corrected chi connectivity index (χ0v) is 10.2. The highest BCUT2D eigenvalue weighted by molar-refractivity contribution is 5.98. The topological polar surface area (TPSA) is 111 Å². The van der Waals surface area contributed by atoms with Crippen LogP contribution in [-0.2, 0) is 4.74 Å². The van der Waals surface area contributed by atoms with Crippen molar-refractivity contribution in [3.8, 4) is 0 Å². The molecule has 0 bridgehead atoms. The number of carbonyl (C=O) groups is 1. The minimum atomic E-state index is -0.679. The Hall–Kier alpha value is -2.19. The second-order valence-electron chi connectivity index (χ2n) is 4.03. The van der Waals surface area contributed by atoms with Crippen LogP contribution in [0.25, 0.3) is 0 Å². The Morgan fingerprint density at radius 3 is 2.68 bits per heavy atom. The predicted molar refractivity (Wildman–Crippen MR) is 67.8 cm³/mol. The third-order valence-corrected chi connectivity index (χ3v) is 2.93. The Bertz CT molecular complexity index is 499. The number of nitrogens with one attached hydrogen (secondary N) is 1. The molecule has 19 heavy (non-hydrogen) atoms. The average molecular weight is 266 g/mol. The lowest BCUT2D eigenvalue weighted by atomic mass is 10.1. The van der Waals surface area contributed by atoms with Crippen LogP contribution in [-0.4, -0.2) is 37.1 Å². The number of nitro benzene ring substituents is 1. The van der Waals surface area contributed by atoms with E-state index in [0.29, 0.717) is 26.3 Å². The number of carbonyl (C=O) groups excluding carboxylic acids is 1. The van der Waals surface area contributed by atoms with Crippen LogP contribution in [0.5, 0.6) is 0 Å². The summed E-state index contributed by atoms with van der Waals surface area (Å²) in [6, 6.07) is 4.41. The molecule has 1 aliphatic rings. The Morgan fingerprint density at radius 1 is 1.42 bits per heavy atom. The SMILES string of the molecule is NNC(=O)c1cc(N2CCOCC2)ccc1[N+](=O)[O-]. The highest BCUT2D eigenvalue weighted by atomic mass is 16.6. The number of anilines is 1. The van der Waals surface area contributed by atoms with Crippen LogP contribution in [0.1, 0.15) is 10.4 Å². The molecule has 102 valence electrons. The number of hydrogen-bond donors (Lipinski definition) is 2. The van der Waals surface area contributed by atoms with Gasteiger partial charge in [-0.25, -0.2) is 5.84 Å². The molecule has 8 nitrogen and oxygen atoms in total. The van der Waals surface area contributed by atoms with E-state index in [0.717, 1.165) is 5.69 Å². The molecule has 0 atom stereocenters. The number of hydrogen-bond acceptors (Lipinski definition) is 6. The number of nitrogen functional groups attached to an aromatic ring is 1. The second kappa shape index (κ2) is 5.63. The van der Waals surface area contributed by atoms with E-state index in [1.54, 1.807) is 6.07 Å². The summed E-state index contributed by atoms with van der Waals surface area (Å²) in [4.78, 5) is 23.9. The van der Waals surface area contributed by atoms with Crippen molar-refractivity contribution in [1.29, 1.82) is 0 Å². The standard InChI is InChI=1S/C11H14N4O4/c12-13-11(16)9-7-8(1-2-10(9)15(17)18)14-3-5-19-6-4-14/h1-2,7H,3-6,12H2,(H,13,16). The van der Waals surface area contributed by atoms with Crippen molar-refractivity contribution in [3.63, 3.8) is 0 Å². The number of nitrogens with two attached hydrogens (primary N) is 1. The maximum Gasteiger partial charge on any atom is 0.282 e. The molecule has 8 heteroatoms. The summed E-state index contributed by atoms with van der Waals surface area (Å²) < 4.78 is 5.23. The first kappa shape index (κ1) is 13.2. The third kappa shape index (κ3) is 2.80. The van der Waals surface area contributed by atoms with Crippen molar-refractivity contribution in [2.75, 3.05) is 31.2 Å². The van der Waals surface area contributed by atoms with Crippen LogP contribution < -0.4 is 16.2 Å². The van der Waals surface area contributed by atoms with Crippen molar-refractivity contribution in [1.82, 2.24) is 5.43 Å². The maximum absolute atomic E-state index is 11.6. The van der Waals surface area contributed by atoms with Crippen molar-refractivity contribution in [2.24, 2.45) is 5.84 Å². The molecule has 1 saturated heterocycles. The number of hydrazine groups is 1. The quantitative estimate of drug-likeness (QED) is 0.346. The van der Waals surface area contributed by atoms with Crippen LogP contribution in [0.2, 0.25) is 0 Å². The predicted octanol–water partition coefficient (Wildman–Crippen LogP) is 0.0349. The van der Waals surface area contributed by atoms with Gasteiger partial charge in [0.25, 0.3) is 11.6 Å². The molecular formula is C11H14N4O4. The zero-order chi connectivity index (χ0) is 13.8. The van der Waals surface area contributed by atoms with Gasteiger partial charge in [0.15, 0.2) is 0 Å². The summed E-state index contributed by atoms with van der Waals surface area (Å²) in [7, 11) is 0. The normalized spacial score (nSPS) is 15.1. The fraction of sp³-hybridized carbons (Fsp3) is 0.364. The monoisotopic (exact) mass is 266 g/mol. The van der Waals surface area contributed by atoms with Gasteiger partial charge in [0.05, 0.1) is 18.1 Å². The van der Waals surface area contributed by atoms with Crippen molar-refractivity contribution < 1.29 is 14.5 Å². The number of ether oxygens (including phenoxy) is 1. The van der Waals surface area contributed by atoms with Crippen molar-refractivity contribution in [2.45, 2.75) is 0 Å². The van der Waals surface area contributed by atoms with Crippen molar-refractivity contribution >= 4 is 17.3 Å². The number of morpholine rings is 1. The number of rotatable bonds is 3. The van der Waals surface area contributed by atoms with Gasteiger partial charge >= 0.3 is 0 Å². The van der Waals surface area contributed by atoms with E-state index in [-0.39, 0.29) is 11.3 Å². The minimum Gasteiger partial charge on any atom is -0.378 e. The minimum absolute atomic E-state index is 0.0449. The molecule has 0 saturated carbocycles. The Balaban J connectivity index is 2.36. The molecule has 1 aromatic carbocycles. The van der Waals surface area contributed by atoms with Crippen LogP contribution in [0.15, 0.2) is 18.2 Å². The van der Waals surface area contributed by atoms with Crippen LogP contribution in [0.4, 0.5) is 11.4 Å². The number of nitro groups is 1. The molecule has 1 amide bonds. The summed E-state index contributed by atoms with van der Waals surface area (Å²) >= 11 is 0. The van der Waals surface area contributed by atoms with Gasteiger partial charge in [-0.2, -0.15) is 0 Å². The Morgan fingerprint density at radius 2 is 2.11 bits per heavy atom. The molecule has 0 radical (unpaired) electrons. The highest BCUT2D eigenvalue weighted by Crippen LogP contribution is 2.25. The fourth-order valence-corrected chi connectivity index (χ4v) is 1.96. The van der Waals surface area contributed by atoms with Gasteiger partial charge in [0.2, 0.25) is 0 Å². The van der Waals surface area contributed by atoms with E-state index in [2.05, 4.69) is 0 Å². The first-order valence-electron chi connectivity index (χ1n) is 5.75. The molecule has 1 aromatic rings. The molecule has 0 aromatic heterocycles. The lowest BCUT2D eigenvalue weighted by molar-refractivity contribution is -0.385. The van der Waals surface area contributed by atoms with Gasteiger partial charge < -0.3 is 9.64 Å². The van der Waals surface area contributed by atoms with E-state index >= 15 is 0 Å². The van der Waals surface area contributed by atoms with Gasteiger partial charge in [-0.3, -0.25) is 20.3 Å². The van der Waals surface area contributed by atoms with Gasteiger partial charge in [-0.1, -0.05) is 0 Å². The Kier molecular flexibility index (Phi) is 3.93. The summed E-state index contributed by atoms with van der Waals surface area (Å²) in [6.07, 6.45) is 0. The number of amides is 1. The van der Waals surface area contributed by atoms with Gasteiger partial charge in [0.1, 0.15) is 5.56 Å². The van der Waals surface area contributed by atoms with E-state index < -0.39 is 10.8 Å². The molecule has 2 rings (SSSR count). The number of nitrogens with zero attached hydrogens (tertiary/aromatic N) is 2. The molecule has 0 spiro atoms. The van der Waals surface area contributed by atoms with Crippen LogP contribution in [0, 0.1) is 10.1 Å². The summed E-state index contributed by atoms with van der Waals surface area (Å²) in [5, 5.41) is 10.9. The van der Waals surface area contributed by atoms with Crippen LogP contribution >= 0.6 is 0 Å². The molecule has 0 unspecified atom stereocenters. The largest absolute Gasteiger partial charge is 0.378 e. The van der Waals surface area contributed by atoms with Gasteiger partial charge in [0, 0.05) is 24.8 Å². The maximum atomic E-state index is 11.6. The molecular weight excluding hydrogens is 252 g/mol. The fourth-order valence-electron chi connectivity index (χ4n) is 1.96. The smallest absolute Gasteiger partial charge is 0.282 e. The Labute approximate surface area is 109 Å². The van der Waals surface area contributed by atoms with Gasteiger partial charge in [-0.05, 0) is 12.1 Å². The van der Waals surface area contributed by atoms with E-state index in [1.807, 2.05) is 10.3 Å². The van der Waals surface area contributed by atoms with Crippen LogP contribution in [0.3, 0.4) is 0 Å². The van der Waals surface area contributed by atoms with Gasteiger partial charge in [-0.15, -0.1) is 0 Å². The molecule has 1 aliphatic heterocycles. The highest BCUT2D eigenvalue weighted by Gasteiger charge is 2.22. The lowest BCUT2D eigenvalue weighted by Gasteiger charge is -2.29. The third-order valence-electron chi connectivity index (χ3n) is 2.93. The van der Waals surface area contributed by atoms with E-state index in [1.165, 1.54) is 12.1 Å². The first-order valence-corrected chi connectivity index (χ1v) is 5.75. The molecule has 1 fully saturated rings. The van der Waals surface area contributed by atoms with Crippen molar-refractivity contribution in [3.05, 3.63) is 33.9 Å². The average Bonchev–Trinajstić information content (AvgIpc) is 2.46. The first-order chi connectivity index (χ1) is 9.13. The van der Waals surface area contributed by atoms with E-state index in [9.17, 15) is 14.9 Å².